The van der Waals surface area contributed by atoms with Crippen LogP contribution in [0.3, 0.4) is 0 Å². The third-order valence-electron chi connectivity index (χ3n) is 2.39. The molecule has 0 aliphatic rings. The monoisotopic (exact) mass is 243 g/mol. The molecular formula is C11H17NO3S. The highest BCUT2D eigenvalue weighted by Gasteiger charge is 2.21. The quantitative estimate of drug-likeness (QED) is 0.708. The zero-order chi connectivity index (χ0) is 12.1. The largest absolute Gasteiger partial charge is 0.480 e. The molecule has 3 N–H and O–H groups in total. The van der Waals surface area contributed by atoms with Crippen LogP contribution in [0.15, 0.2) is 16.8 Å². The van der Waals surface area contributed by atoms with Crippen molar-refractivity contribution in [2.24, 2.45) is 5.92 Å². The highest BCUT2D eigenvalue weighted by Crippen LogP contribution is 2.15. The minimum absolute atomic E-state index is 0.00725. The number of aliphatic carboxylic acids is 1. The zero-order valence-corrected chi connectivity index (χ0v) is 10.2. The standard InChI is InChI=1S/C11H17NO3S/c1-7(2)10(11(14)15)12-5-9(13)8-3-4-16-6-8/h3-4,6-7,9-10,12-13H,5H2,1-2H3,(H,14,15). The molecule has 0 bridgehead atoms. The highest BCUT2D eigenvalue weighted by atomic mass is 32.1. The molecule has 1 aromatic heterocycles. The average molecular weight is 243 g/mol. The van der Waals surface area contributed by atoms with E-state index in [1.165, 1.54) is 11.3 Å². The Balaban J connectivity index is 2.46. The van der Waals surface area contributed by atoms with E-state index in [0.717, 1.165) is 5.56 Å². The Kier molecular flexibility index (Phi) is 4.92. The second-order valence-corrected chi connectivity index (χ2v) is 4.82. The Bertz CT molecular complexity index is 324. The lowest BCUT2D eigenvalue weighted by Gasteiger charge is -2.19. The third kappa shape index (κ3) is 3.59. The van der Waals surface area contributed by atoms with Gasteiger partial charge in [0.25, 0.3) is 0 Å². The van der Waals surface area contributed by atoms with Gasteiger partial charge >= 0.3 is 5.97 Å². The number of aliphatic hydroxyl groups is 1. The van der Waals surface area contributed by atoms with Crippen molar-refractivity contribution in [1.29, 1.82) is 0 Å². The topological polar surface area (TPSA) is 69.6 Å². The average Bonchev–Trinajstić information content (AvgIpc) is 2.69. The summed E-state index contributed by atoms with van der Waals surface area (Å²) < 4.78 is 0. The molecule has 16 heavy (non-hydrogen) atoms. The van der Waals surface area contributed by atoms with Gasteiger partial charge in [-0.1, -0.05) is 13.8 Å². The molecule has 0 aliphatic carbocycles. The lowest BCUT2D eigenvalue weighted by molar-refractivity contribution is -0.140. The second-order valence-electron chi connectivity index (χ2n) is 4.04. The van der Waals surface area contributed by atoms with Crippen LogP contribution in [-0.4, -0.2) is 28.8 Å². The Hall–Kier alpha value is -0.910. The summed E-state index contributed by atoms with van der Waals surface area (Å²) in [4.78, 5) is 10.9. The summed E-state index contributed by atoms with van der Waals surface area (Å²) in [5, 5.41) is 25.3. The van der Waals surface area contributed by atoms with Crippen LogP contribution in [0.1, 0.15) is 25.5 Å². The predicted molar refractivity (Wildman–Crippen MR) is 63.5 cm³/mol. The third-order valence-corrected chi connectivity index (χ3v) is 3.09. The minimum Gasteiger partial charge on any atom is -0.480 e. The van der Waals surface area contributed by atoms with E-state index in [-0.39, 0.29) is 12.5 Å². The molecule has 90 valence electrons. The summed E-state index contributed by atoms with van der Waals surface area (Å²) in [6.07, 6.45) is -0.646. The van der Waals surface area contributed by atoms with Gasteiger partial charge in [0.05, 0.1) is 6.10 Å². The minimum atomic E-state index is -0.882. The Morgan fingerprint density at radius 3 is 2.69 bits per heavy atom. The van der Waals surface area contributed by atoms with Crippen molar-refractivity contribution in [1.82, 2.24) is 5.32 Å². The van der Waals surface area contributed by atoms with Gasteiger partial charge in [-0.15, -0.1) is 0 Å². The number of hydrogen-bond acceptors (Lipinski definition) is 4. The van der Waals surface area contributed by atoms with E-state index in [0.29, 0.717) is 0 Å². The van der Waals surface area contributed by atoms with Crippen LogP contribution in [0.4, 0.5) is 0 Å². The summed E-state index contributed by atoms with van der Waals surface area (Å²) in [5.74, 6) is -0.889. The molecule has 0 aliphatic heterocycles. The fourth-order valence-electron chi connectivity index (χ4n) is 1.43. The number of hydrogen-bond donors (Lipinski definition) is 3. The molecule has 0 saturated heterocycles. The van der Waals surface area contributed by atoms with Gasteiger partial charge in [0.15, 0.2) is 0 Å². The molecule has 2 atom stereocenters. The number of carboxylic acids is 1. The van der Waals surface area contributed by atoms with Crippen molar-refractivity contribution >= 4 is 17.3 Å². The van der Waals surface area contributed by atoms with Crippen molar-refractivity contribution in [2.75, 3.05) is 6.54 Å². The van der Waals surface area contributed by atoms with Crippen LogP contribution >= 0.6 is 11.3 Å². The van der Waals surface area contributed by atoms with E-state index < -0.39 is 18.1 Å². The van der Waals surface area contributed by atoms with Gasteiger partial charge in [0.2, 0.25) is 0 Å². The first-order chi connectivity index (χ1) is 7.52. The van der Waals surface area contributed by atoms with Gasteiger partial charge in [0.1, 0.15) is 6.04 Å². The van der Waals surface area contributed by atoms with E-state index in [4.69, 9.17) is 5.11 Å². The zero-order valence-electron chi connectivity index (χ0n) is 9.38. The molecular weight excluding hydrogens is 226 g/mol. The van der Waals surface area contributed by atoms with Crippen LogP contribution < -0.4 is 5.32 Å². The molecule has 1 heterocycles. The van der Waals surface area contributed by atoms with E-state index in [2.05, 4.69) is 5.32 Å². The summed E-state index contributed by atoms with van der Waals surface area (Å²) in [7, 11) is 0. The molecule has 2 unspecified atom stereocenters. The number of rotatable bonds is 6. The SMILES string of the molecule is CC(C)C(NCC(O)c1ccsc1)C(=O)O. The summed E-state index contributed by atoms with van der Waals surface area (Å²) in [6.45, 7) is 3.93. The van der Waals surface area contributed by atoms with Gasteiger partial charge in [0, 0.05) is 6.54 Å². The number of nitrogens with one attached hydrogen (secondary N) is 1. The van der Waals surface area contributed by atoms with E-state index >= 15 is 0 Å². The second kappa shape index (κ2) is 5.98. The number of carboxylic acid groups (broad SMARTS) is 1. The van der Waals surface area contributed by atoms with Crippen molar-refractivity contribution in [3.63, 3.8) is 0 Å². The first-order valence-electron chi connectivity index (χ1n) is 5.18. The lowest BCUT2D eigenvalue weighted by Crippen LogP contribution is -2.42. The predicted octanol–water partition coefficient (Wildman–Crippen LogP) is 1.48. The first-order valence-corrected chi connectivity index (χ1v) is 6.13. The maximum atomic E-state index is 10.9. The normalized spacial score (nSPS) is 15.0. The fourth-order valence-corrected chi connectivity index (χ4v) is 2.14. The van der Waals surface area contributed by atoms with Gasteiger partial charge in [-0.2, -0.15) is 11.3 Å². The van der Waals surface area contributed by atoms with Gasteiger partial charge < -0.3 is 15.5 Å². The van der Waals surface area contributed by atoms with Crippen molar-refractivity contribution < 1.29 is 15.0 Å². The fraction of sp³-hybridized carbons (Fsp3) is 0.545. The highest BCUT2D eigenvalue weighted by molar-refractivity contribution is 7.07. The van der Waals surface area contributed by atoms with E-state index in [1.807, 2.05) is 30.7 Å². The number of aliphatic hydroxyl groups excluding tert-OH is 1. The lowest BCUT2D eigenvalue weighted by atomic mass is 10.0. The maximum absolute atomic E-state index is 10.9. The Morgan fingerprint density at radius 1 is 1.56 bits per heavy atom. The molecule has 1 rings (SSSR count). The molecule has 0 amide bonds. The van der Waals surface area contributed by atoms with Crippen LogP contribution in [0.25, 0.3) is 0 Å². The van der Waals surface area contributed by atoms with Gasteiger partial charge in [-0.25, -0.2) is 0 Å². The summed E-state index contributed by atoms with van der Waals surface area (Å²) >= 11 is 1.51. The Morgan fingerprint density at radius 2 is 2.25 bits per heavy atom. The van der Waals surface area contributed by atoms with Crippen molar-refractivity contribution in [3.05, 3.63) is 22.4 Å². The molecule has 0 radical (unpaired) electrons. The molecule has 0 fully saturated rings. The number of thiophene rings is 1. The molecule has 0 saturated carbocycles. The van der Waals surface area contributed by atoms with Crippen molar-refractivity contribution in [2.45, 2.75) is 26.0 Å². The van der Waals surface area contributed by atoms with Crippen LogP contribution in [0.5, 0.6) is 0 Å². The first kappa shape index (κ1) is 13.2. The Labute approximate surface area is 98.9 Å². The summed E-state index contributed by atoms with van der Waals surface area (Å²) in [6, 6.07) is 1.22. The van der Waals surface area contributed by atoms with Gasteiger partial charge in [-0.05, 0) is 28.3 Å². The molecule has 5 heteroatoms. The van der Waals surface area contributed by atoms with E-state index in [1.54, 1.807) is 0 Å². The van der Waals surface area contributed by atoms with Gasteiger partial charge in [-0.3, -0.25) is 4.79 Å². The molecule has 4 nitrogen and oxygen atoms in total. The smallest absolute Gasteiger partial charge is 0.320 e. The van der Waals surface area contributed by atoms with Crippen LogP contribution in [0.2, 0.25) is 0 Å². The molecule has 0 spiro atoms. The maximum Gasteiger partial charge on any atom is 0.320 e. The number of carbonyl (C=O) groups is 1. The summed E-state index contributed by atoms with van der Waals surface area (Å²) in [5.41, 5.74) is 0.824. The molecule has 1 aromatic rings. The van der Waals surface area contributed by atoms with Crippen LogP contribution in [0, 0.1) is 5.92 Å². The van der Waals surface area contributed by atoms with Crippen molar-refractivity contribution in [3.8, 4) is 0 Å². The van der Waals surface area contributed by atoms with Crippen LogP contribution in [-0.2, 0) is 4.79 Å². The molecule has 0 aromatic carbocycles. The van der Waals surface area contributed by atoms with E-state index in [9.17, 15) is 9.90 Å².